The summed E-state index contributed by atoms with van der Waals surface area (Å²) in [6.45, 7) is 4.02. The number of carbonyl (C=O) groups excluding carboxylic acids is 3. The molecule has 0 radical (unpaired) electrons. The molecule has 0 saturated carbocycles. The molecule has 40 heavy (non-hydrogen) atoms. The van der Waals surface area contributed by atoms with E-state index < -0.39 is 12.0 Å². The minimum absolute atomic E-state index is 0.00762. The van der Waals surface area contributed by atoms with Gasteiger partial charge in [-0.25, -0.2) is 4.79 Å². The third kappa shape index (κ3) is 5.24. The number of ketones is 1. The number of hydrogen-bond donors (Lipinski definition) is 1. The molecular formula is C33H34N2O5. The molecular weight excluding hydrogens is 504 g/mol. The van der Waals surface area contributed by atoms with Gasteiger partial charge in [-0.05, 0) is 65.8 Å². The molecule has 5 rings (SSSR count). The van der Waals surface area contributed by atoms with Crippen LogP contribution in [0.15, 0.2) is 84.1 Å². The van der Waals surface area contributed by atoms with E-state index in [0.717, 1.165) is 33.9 Å². The van der Waals surface area contributed by atoms with Crippen molar-refractivity contribution >= 4 is 29.0 Å². The Labute approximate surface area is 234 Å². The normalized spacial score (nSPS) is 18.4. The van der Waals surface area contributed by atoms with E-state index in [4.69, 9.17) is 9.47 Å². The van der Waals surface area contributed by atoms with Gasteiger partial charge in [-0.1, -0.05) is 50.2 Å². The maximum atomic E-state index is 14.1. The summed E-state index contributed by atoms with van der Waals surface area (Å²) in [6.07, 6.45) is 1.27. The van der Waals surface area contributed by atoms with Crippen LogP contribution in [0.1, 0.15) is 66.6 Å². The third-order valence-electron chi connectivity index (χ3n) is 7.57. The lowest BCUT2D eigenvalue weighted by atomic mass is 9.78. The van der Waals surface area contributed by atoms with Crippen LogP contribution < -0.4 is 15.0 Å². The molecule has 2 atom stereocenters. The number of carbonyl (C=O) groups is 3. The molecule has 1 N–H and O–H groups in total. The second kappa shape index (κ2) is 11.4. The smallest absolute Gasteiger partial charge is 0.337 e. The second-order valence-corrected chi connectivity index (χ2v) is 10.7. The van der Waals surface area contributed by atoms with E-state index in [1.165, 1.54) is 7.11 Å². The minimum atomic E-state index is -0.645. The van der Waals surface area contributed by atoms with Gasteiger partial charge in [0.2, 0.25) is 5.91 Å². The zero-order valence-corrected chi connectivity index (χ0v) is 23.3. The van der Waals surface area contributed by atoms with Gasteiger partial charge in [-0.15, -0.1) is 0 Å². The van der Waals surface area contributed by atoms with Crippen LogP contribution in [0.2, 0.25) is 0 Å². The van der Waals surface area contributed by atoms with Gasteiger partial charge in [-0.2, -0.15) is 0 Å². The number of fused-ring (bicyclic) bond motifs is 1. The van der Waals surface area contributed by atoms with Gasteiger partial charge in [0.15, 0.2) is 5.78 Å². The number of esters is 1. The van der Waals surface area contributed by atoms with Crippen molar-refractivity contribution in [2.75, 3.05) is 24.4 Å². The van der Waals surface area contributed by atoms with Gasteiger partial charge >= 0.3 is 5.97 Å². The Morgan fingerprint density at radius 2 is 1.60 bits per heavy atom. The van der Waals surface area contributed by atoms with E-state index in [0.29, 0.717) is 30.4 Å². The van der Waals surface area contributed by atoms with Gasteiger partial charge in [0.1, 0.15) is 5.75 Å². The van der Waals surface area contributed by atoms with Crippen LogP contribution in [-0.4, -0.2) is 31.9 Å². The van der Waals surface area contributed by atoms with Gasteiger partial charge in [0.05, 0.1) is 37.2 Å². The Balaban J connectivity index is 1.66. The van der Waals surface area contributed by atoms with Crippen molar-refractivity contribution in [3.8, 4) is 5.75 Å². The van der Waals surface area contributed by atoms with Crippen LogP contribution in [0, 0.1) is 5.92 Å². The first-order valence-electron chi connectivity index (χ1n) is 13.6. The fourth-order valence-corrected chi connectivity index (χ4v) is 5.66. The number of para-hydroxylation sites is 2. The highest BCUT2D eigenvalue weighted by Gasteiger charge is 2.41. The molecule has 2 aliphatic rings. The van der Waals surface area contributed by atoms with Crippen LogP contribution >= 0.6 is 0 Å². The molecule has 7 nitrogen and oxygen atoms in total. The fourth-order valence-electron chi connectivity index (χ4n) is 5.66. The number of nitrogens with one attached hydrogen (secondary N) is 1. The summed E-state index contributed by atoms with van der Waals surface area (Å²) in [6, 6.07) is 21.9. The lowest BCUT2D eigenvalue weighted by molar-refractivity contribution is -0.119. The van der Waals surface area contributed by atoms with E-state index in [-0.39, 0.29) is 23.5 Å². The molecule has 0 spiro atoms. The topological polar surface area (TPSA) is 84.9 Å². The van der Waals surface area contributed by atoms with Crippen LogP contribution in [0.25, 0.3) is 0 Å². The van der Waals surface area contributed by atoms with Crippen LogP contribution in [-0.2, 0) is 14.3 Å². The number of anilines is 2. The number of benzene rings is 3. The number of methoxy groups -OCH3 is 2. The Hall–Kier alpha value is -4.39. The summed E-state index contributed by atoms with van der Waals surface area (Å²) in [5.41, 5.74) is 5.12. The standard InChI is InChI=1S/C33H34N2O5/c1-20(2)17-30(37)35-28-8-6-5-7-26(28)34-27-18-24(21-13-15-25(39-3)16-14-21)19-29(36)31(27)32(35)22-9-11-23(12-10-22)33(38)40-4/h5-16,20,24,32,34H,17-19H2,1-4H3/t24-,32-/m1/s1. The monoisotopic (exact) mass is 538 g/mol. The van der Waals surface area contributed by atoms with Crippen molar-refractivity contribution in [1.82, 2.24) is 0 Å². The Morgan fingerprint density at radius 3 is 2.25 bits per heavy atom. The molecule has 0 bridgehead atoms. The number of ether oxygens (including phenoxy) is 2. The highest BCUT2D eigenvalue weighted by Crippen LogP contribution is 2.47. The molecule has 1 amide bonds. The van der Waals surface area contributed by atoms with E-state index >= 15 is 0 Å². The fraction of sp³-hybridized carbons (Fsp3) is 0.303. The average molecular weight is 539 g/mol. The SMILES string of the molecule is COC(=O)c1ccc([C@@H]2C3=C(C[C@@H](c4ccc(OC)cc4)CC3=O)Nc3ccccc3N2C(=O)CC(C)C)cc1. The average Bonchev–Trinajstić information content (AvgIpc) is 3.11. The lowest BCUT2D eigenvalue weighted by Gasteiger charge is -2.35. The molecule has 1 heterocycles. The molecule has 0 fully saturated rings. The first kappa shape index (κ1) is 27.2. The first-order valence-corrected chi connectivity index (χ1v) is 13.6. The van der Waals surface area contributed by atoms with Crippen molar-refractivity contribution in [3.05, 3.63) is 101 Å². The largest absolute Gasteiger partial charge is 0.497 e. The summed E-state index contributed by atoms with van der Waals surface area (Å²) in [5, 5.41) is 3.56. The Bertz CT molecular complexity index is 1460. The summed E-state index contributed by atoms with van der Waals surface area (Å²) in [5.74, 6) is 0.368. The molecule has 1 aliphatic carbocycles. The molecule has 0 saturated heterocycles. The molecule has 3 aromatic carbocycles. The van der Waals surface area contributed by atoms with Crippen LogP contribution in [0.3, 0.4) is 0 Å². The van der Waals surface area contributed by atoms with Gasteiger partial charge < -0.3 is 14.8 Å². The van der Waals surface area contributed by atoms with E-state index in [9.17, 15) is 14.4 Å². The number of amides is 1. The number of hydrogen-bond acceptors (Lipinski definition) is 6. The molecule has 0 aromatic heterocycles. The summed E-state index contributed by atoms with van der Waals surface area (Å²) in [4.78, 5) is 41.9. The second-order valence-electron chi connectivity index (χ2n) is 10.7. The highest BCUT2D eigenvalue weighted by atomic mass is 16.5. The maximum absolute atomic E-state index is 14.1. The highest BCUT2D eigenvalue weighted by molar-refractivity contribution is 6.06. The van der Waals surface area contributed by atoms with Crippen LogP contribution in [0.5, 0.6) is 5.75 Å². The van der Waals surface area contributed by atoms with Gasteiger partial charge in [0.25, 0.3) is 0 Å². The van der Waals surface area contributed by atoms with E-state index in [1.807, 2.05) is 74.5 Å². The quantitative estimate of drug-likeness (QED) is 0.364. The zero-order valence-electron chi connectivity index (χ0n) is 23.3. The summed E-state index contributed by atoms with van der Waals surface area (Å²) in [7, 11) is 2.97. The third-order valence-corrected chi connectivity index (χ3v) is 7.57. The van der Waals surface area contributed by atoms with Crippen molar-refractivity contribution in [2.45, 2.75) is 45.1 Å². The summed E-state index contributed by atoms with van der Waals surface area (Å²) < 4.78 is 10.2. The maximum Gasteiger partial charge on any atom is 0.337 e. The Morgan fingerprint density at radius 1 is 0.925 bits per heavy atom. The molecule has 206 valence electrons. The van der Waals surface area contributed by atoms with E-state index in [1.54, 1.807) is 24.1 Å². The van der Waals surface area contributed by atoms with Crippen LogP contribution in [0.4, 0.5) is 11.4 Å². The first-order chi connectivity index (χ1) is 19.3. The Kier molecular flexibility index (Phi) is 7.74. The predicted octanol–water partition coefficient (Wildman–Crippen LogP) is 6.43. The van der Waals surface area contributed by atoms with Crippen molar-refractivity contribution in [3.63, 3.8) is 0 Å². The van der Waals surface area contributed by atoms with E-state index in [2.05, 4.69) is 5.32 Å². The molecule has 0 unspecified atom stereocenters. The number of allylic oxidation sites excluding steroid dienone is 1. The number of Topliss-reactive ketones (excluding diaryl/α,β-unsaturated/α-hetero) is 1. The predicted molar refractivity (Wildman–Crippen MR) is 155 cm³/mol. The molecule has 3 aromatic rings. The lowest BCUT2D eigenvalue weighted by Crippen LogP contribution is -2.39. The number of nitrogens with zero attached hydrogens (tertiary/aromatic N) is 1. The van der Waals surface area contributed by atoms with Crippen molar-refractivity contribution in [2.24, 2.45) is 5.92 Å². The van der Waals surface area contributed by atoms with Gasteiger partial charge in [-0.3, -0.25) is 14.5 Å². The molecule has 1 aliphatic heterocycles. The molecule has 7 heteroatoms. The van der Waals surface area contributed by atoms with Crippen molar-refractivity contribution in [1.29, 1.82) is 0 Å². The van der Waals surface area contributed by atoms with Crippen molar-refractivity contribution < 1.29 is 23.9 Å². The number of rotatable bonds is 6. The van der Waals surface area contributed by atoms with Gasteiger partial charge in [0, 0.05) is 24.1 Å². The summed E-state index contributed by atoms with van der Waals surface area (Å²) >= 11 is 0. The zero-order chi connectivity index (χ0) is 28.4. The minimum Gasteiger partial charge on any atom is -0.497 e.